The lowest BCUT2D eigenvalue weighted by molar-refractivity contribution is 0.0980. The second kappa shape index (κ2) is 7.73. The number of rotatable bonds is 8. The van der Waals surface area contributed by atoms with Crippen LogP contribution in [0.5, 0.6) is 0 Å². The van der Waals surface area contributed by atoms with Crippen LogP contribution in [0.3, 0.4) is 0 Å². The van der Waals surface area contributed by atoms with E-state index in [1.54, 1.807) is 0 Å². The summed E-state index contributed by atoms with van der Waals surface area (Å²) in [5.41, 5.74) is 0.757. The molecule has 0 aliphatic rings. The molecule has 19 heavy (non-hydrogen) atoms. The van der Waals surface area contributed by atoms with Gasteiger partial charge in [0, 0.05) is 11.8 Å². The smallest absolute Gasteiger partial charge is 0.176 e. The topological polar surface area (TPSA) is 42.9 Å². The zero-order chi connectivity index (χ0) is 14.3. The number of aromatic nitrogens is 2. The minimum Gasteiger partial charge on any atom is -0.293 e. The third-order valence-electron chi connectivity index (χ3n) is 3.21. The molecule has 0 bridgehead atoms. The number of Topliss-reactive ketones (excluding diaryl/α,β-unsaturated/α-hetero) is 1. The van der Waals surface area contributed by atoms with Crippen molar-refractivity contribution in [2.75, 3.05) is 0 Å². The third-order valence-corrected chi connectivity index (χ3v) is 3.98. The molecule has 108 valence electrons. The van der Waals surface area contributed by atoms with Crippen LogP contribution in [-0.2, 0) is 5.41 Å². The van der Waals surface area contributed by atoms with Gasteiger partial charge in [0.05, 0.1) is 5.69 Å². The molecule has 0 radical (unpaired) electrons. The molecule has 1 rings (SSSR count). The van der Waals surface area contributed by atoms with Crippen LogP contribution in [0.4, 0.5) is 0 Å². The lowest BCUT2D eigenvalue weighted by Crippen LogP contribution is -2.16. The van der Waals surface area contributed by atoms with Crippen molar-refractivity contribution in [2.45, 2.75) is 78.1 Å². The average Bonchev–Trinajstić information content (AvgIpc) is 2.82. The molecule has 1 heterocycles. The maximum Gasteiger partial charge on any atom is 0.176 e. The fourth-order valence-corrected chi connectivity index (χ4v) is 2.89. The van der Waals surface area contributed by atoms with Crippen LogP contribution in [0, 0.1) is 0 Å². The van der Waals surface area contributed by atoms with E-state index >= 15 is 0 Å². The highest BCUT2D eigenvalue weighted by Crippen LogP contribution is 2.27. The molecule has 0 fully saturated rings. The molecule has 0 amide bonds. The normalized spacial score (nSPS) is 11.8. The number of hydrogen-bond donors (Lipinski definition) is 0. The van der Waals surface area contributed by atoms with Gasteiger partial charge in [0.25, 0.3) is 0 Å². The number of hydrogen-bond acceptors (Lipinski definition) is 4. The van der Waals surface area contributed by atoms with Crippen molar-refractivity contribution in [3.05, 3.63) is 10.6 Å². The first-order valence-corrected chi connectivity index (χ1v) is 8.10. The van der Waals surface area contributed by atoms with Gasteiger partial charge in [-0.3, -0.25) is 4.79 Å². The van der Waals surface area contributed by atoms with Gasteiger partial charge in [-0.05, 0) is 18.0 Å². The Kier molecular flexibility index (Phi) is 6.63. The summed E-state index contributed by atoms with van der Waals surface area (Å²) in [6.07, 6.45) is 7.89. The monoisotopic (exact) mass is 282 g/mol. The van der Waals surface area contributed by atoms with Crippen LogP contribution in [0.25, 0.3) is 0 Å². The van der Waals surface area contributed by atoms with E-state index in [0.29, 0.717) is 6.42 Å². The molecule has 0 saturated carbocycles. The van der Waals surface area contributed by atoms with E-state index in [0.717, 1.165) is 23.4 Å². The number of carbonyl (C=O) groups is 1. The van der Waals surface area contributed by atoms with Gasteiger partial charge in [-0.2, -0.15) is 0 Å². The van der Waals surface area contributed by atoms with Crippen LogP contribution < -0.4 is 0 Å². The maximum absolute atomic E-state index is 12.2. The molecule has 0 unspecified atom stereocenters. The first-order valence-electron chi connectivity index (χ1n) is 7.33. The summed E-state index contributed by atoms with van der Waals surface area (Å²) in [5, 5.41) is 4.12. The standard InChI is InChI=1S/C15H26N2OS/c1-5-6-7-8-9-10-11-12(18)13-14(15(2,3)4)16-17-19-13/h5-11H2,1-4H3. The molecule has 0 saturated heterocycles. The Morgan fingerprint density at radius 1 is 1.11 bits per heavy atom. The van der Waals surface area contributed by atoms with E-state index in [9.17, 15) is 4.79 Å². The van der Waals surface area contributed by atoms with Crippen LogP contribution >= 0.6 is 11.5 Å². The summed E-state index contributed by atoms with van der Waals surface area (Å²) in [7, 11) is 0. The summed E-state index contributed by atoms with van der Waals surface area (Å²) >= 11 is 1.25. The van der Waals surface area contributed by atoms with E-state index in [4.69, 9.17) is 0 Å². The largest absolute Gasteiger partial charge is 0.293 e. The molecule has 0 aliphatic carbocycles. The third kappa shape index (κ3) is 5.39. The van der Waals surface area contributed by atoms with Gasteiger partial charge in [-0.25, -0.2) is 0 Å². The van der Waals surface area contributed by atoms with Gasteiger partial charge in [-0.1, -0.05) is 64.3 Å². The predicted molar refractivity (Wildman–Crippen MR) is 80.9 cm³/mol. The van der Waals surface area contributed by atoms with Crippen molar-refractivity contribution in [1.82, 2.24) is 9.59 Å². The Bertz CT molecular complexity index is 393. The summed E-state index contributed by atoms with van der Waals surface area (Å²) in [6, 6.07) is 0. The molecule has 1 aromatic heterocycles. The Hall–Kier alpha value is -0.770. The summed E-state index contributed by atoms with van der Waals surface area (Å²) in [6.45, 7) is 8.44. The van der Waals surface area contributed by atoms with Crippen molar-refractivity contribution in [2.24, 2.45) is 0 Å². The van der Waals surface area contributed by atoms with Crippen molar-refractivity contribution in [3.63, 3.8) is 0 Å². The fourth-order valence-electron chi connectivity index (χ4n) is 2.04. The van der Waals surface area contributed by atoms with Crippen molar-refractivity contribution < 1.29 is 4.79 Å². The molecule has 4 heteroatoms. The lowest BCUT2D eigenvalue weighted by atomic mass is 9.90. The first-order chi connectivity index (χ1) is 8.96. The van der Waals surface area contributed by atoms with Crippen LogP contribution in [0.15, 0.2) is 0 Å². The zero-order valence-electron chi connectivity index (χ0n) is 12.7. The van der Waals surface area contributed by atoms with Crippen molar-refractivity contribution in [1.29, 1.82) is 0 Å². The summed E-state index contributed by atoms with van der Waals surface area (Å²) in [4.78, 5) is 13.0. The molecule has 3 nitrogen and oxygen atoms in total. The highest BCUT2D eigenvalue weighted by Gasteiger charge is 2.25. The highest BCUT2D eigenvalue weighted by molar-refractivity contribution is 7.08. The first kappa shape index (κ1) is 16.3. The van der Waals surface area contributed by atoms with Gasteiger partial charge < -0.3 is 0 Å². The van der Waals surface area contributed by atoms with Gasteiger partial charge in [0.2, 0.25) is 0 Å². The van der Waals surface area contributed by atoms with Crippen LogP contribution in [0.1, 0.15) is 88.0 Å². The van der Waals surface area contributed by atoms with Crippen LogP contribution in [0.2, 0.25) is 0 Å². The SMILES string of the molecule is CCCCCCCCC(=O)c1snnc1C(C)(C)C. The average molecular weight is 282 g/mol. The van der Waals surface area contributed by atoms with E-state index in [2.05, 4.69) is 37.3 Å². The van der Waals surface area contributed by atoms with Gasteiger partial charge in [-0.15, -0.1) is 5.10 Å². The molecular weight excluding hydrogens is 256 g/mol. The van der Waals surface area contributed by atoms with Gasteiger partial charge >= 0.3 is 0 Å². The molecule has 1 aromatic rings. The second-order valence-corrected chi connectivity index (χ2v) is 6.90. The van der Waals surface area contributed by atoms with Crippen molar-refractivity contribution >= 4 is 17.3 Å². The summed E-state index contributed by atoms with van der Waals surface area (Å²) < 4.78 is 3.95. The lowest BCUT2D eigenvalue weighted by Gasteiger charge is -2.15. The Labute approximate surface area is 121 Å². The fraction of sp³-hybridized carbons (Fsp3) is 0.800. The number of unbranched alkanes of at least 4 members (excludes halogenated alkanes) is 5. The van der Waals surface area contributed by atoms with Crippen molar-refractivity contribution in [3.8, 4) is 0 Å². The molecule has 0 spiro atoms. The second-order valence-electron chi connectivity index (χ2n) is 6.14. The number of carbonyl (C=O) groups excluding carboxylic acids is 1. The number of nitrogens with zero attached hydrogens (tertiary/aromatic N) is 2. The maximum atomic E-state index is 12.2. The predicted octanol–water partition coefficient (Wildman–Crippen LogP) is 4.77. The van der Waals surface area contributed by atoms with Crippen LogP contribution in [-0.4, -0.2) is 15.4 Å². The number of ketones is 1. The zero-order valence-corrected chi connectivity index (χ0v) is 13.5. The highest BCUT2D eigenvalue weighted by atomic mass is 32.1. The molecular formula is C15H26N2OS. The Morgan fingerprint density at radius 3 is 2.37 bits per heavy atom. The van der Waals surface area contributed by atoms with E-state index in [-0.39, 0.29) is 11.2 Å². The van der Waals surface area contributed by atoms with Gasteiger partial charge in [0.1, 0.15) is 4.88 Å². The van der Waals surface area contributed by atoms with E-state index < -0.39 is 0 Å². The molecule has 0 atom stereocenters. The molecule has 0 N–H and O–H groups in total. The molecule has 0 aromatic carbocycles. The summed E-state index contributed by atoms with van der Waals surface area (Å²) in [5.74, 6) is 0.218. The van der Waals surface area contributed by atoms with E-state index in [1.165, 1.54) is 37.2 Å². The molecule has 0 aliphatic heterocycles. The van der Waals surface area contributed by atoms with Gasteiger partial charge in [0.15, 0.2) is 5.78 Å². The quantitative estimate of drug-likeness (QED) is 0.509. The van der Waals surface area contributed by atoms with E-state index in [1.807, 2.05) is 0 Å². The Balaban J connectivity index is 2.40. The minimum atomic E-state index is -0.0981. The Morgan fingerprint density at radius 2 is 1.74 bits per heavy atom. The minimum absolute atomic E-state index is 0.0981.